The molecule has 0 rings (SSSR count). The predicted octanol–water partition coefficient (Wildman–Crippen LogP) is 15.3. The van der Waals surface area contributed by atoms with Gasteiger partial charge in [0.05, 0.1) is 25.2 Å². The van der Waals surface area contributed by atoms with E-state index in [-0.39, 0.29) is 19.2 Å². The number of esters is 1. The van der Waals surface area contributed by atoms with Gasteiger partial charge in [-0.1, -0.05) is 167 Å². The molecule has 0 fully saturated rings. The third-order valence-electron chi connectivity index (χ3n) is 12.5. The first kappa shape index (κ1) is 62.9. The number of hydrogen-bond donors (Lipinski definition) is 2. The molecule has 0 amide bonds. The third kappa shape index (κ3) is 43.5. The molecule has 0 aromatic heterocycles. The van der Waals surface area contributed by atoms with E-state index in [4.69, 9.17) is 18.3 Å². The molecule has 0 aromatic rings. The number of ether oxygens (including phenoxy) is 2. The van der Waals surface area contributed by atoms with Gasteiger partial charge in [-0.3, -0.25) is 9.69 Å². The third-order valence-corrected chi connectivity index (χ3v) is 14.2. The minimum absolute atomic E-state index is 0.121. The summed E-state index contributed by atoms with van der Waals surface area (Å²) in [5.41, 5.74) is -0.618. The van der Waals surface area contributed by atoms with E-state index in [2.05, 4.69) is 56.1 Å². The summed E-state index contributed by atoms with van der Waals surface area (Å²) in [6.07, 6.45) is 50.1. The average Bonchev–Trinajstić information content (AvgIpc) is 3.27. The van der Waals surface area contributed by atoms with Crippen molar-refractivity contribution < 1.29 is 33.3 Å². The van der Waals surface area contributed by atoms with E-state index < -0.39 is 20.3 Å². The molecule has 1 atom stereocenters. The smallest absolute Gasteiger partial charge is 0.333 e. The number of rotatable bonds is 51. The van der Waals surface area contributed by atoms with Crippen LogP contribution >= 0.6 is 0 Å². The van der Waals surface area contributed by atoms with Crippen LogP contribution in [0.25, 0.3) is 0 Å². The van der Waals surface area contributed by atoms with Gasteiger partial charge in [-0.2, -0.15) is 0 Å². The molecule has 0 aromatic carbocycles. The zero-order valence-electron chi connectivity index (χ0n) is 43.5. The van der Waals surface area contributed by atoms with E-state index in [0.717, 1.165) is 57.9 Å². The molecule has 380 valence electrons. The van der Waals surface area contributed by atoms with Gasteiger partial charge in [-0.05, 0) is 123 Å². The van der Waals surface area contributed by atoms with Gasteiger partial charge in [0.25, 0.3) is 0 Å². The van der Waals surface area contributed by atoms with E-state index in [1.807, 2.05) is 13.8 Å². The summed E-state index contributed by atoms with van der Waals surface area (Å²) in [5.74, 6) is -0.129. The standard InChI is InChI=1S/C55H109NO7Si/c1-7-9-11-13-15-17-19-21-23-25-27-29-31-33-36-40-50-60-53(63-64(5,6)62-52-42-38-35-39-45-56(46-48-57)47-49-58)43-44-55(3,4)54(59)61-51-41-37-34-32-30-28-26-24-22-20-18-16-14-12-10-8-2/h21-24,53,57-58H,7-20,25-52H2,1-6H3/b23-21-,24-22-. The Hall–Kier alpha value is -1.07. The van der Waals surface area contributed by atoms with Crippen molar-refractivity contribution >= 4 is 14.5 Å². The Morgan fingerprint density at radius 1 is 0.531 bits per heavy atom. The van der Waals surface area contributed by atoms with Gasteiger partial charge in [0.2, 0.25) is 0 Å². The van der Waals surface area contributed by atoms with Crippen molar-refractivity contribution in [2.45, 2.75) is 265 Å². The van der Waals surface area contributed by atoms with E-state index in [1.165, 1.54) is 154 Å². The van der Waals surface area contributed by atoms with Crippen molar-refractivity contribution in [1.29, 1.82) is 0 Å². The van der Waals surface area contributed by atoms with Crippen LogP contribution in [0.5, 0.6) is 0 Å². The van der Waals surface area contributed by atoms with Crippen molar-refractivity contribution in [3.8, 4) is 0 Å². The second-order valence-electron chi connectivity index (χ2n) is 19.8. The lowest BCUT2D eigenvalue weighted by molar-refractivity contribution is -0.156. The lowest BCUT2D eigenvalue weighted by atomic mass is 9.88. The zero-order chi connectivity index (χ0) is 47.1. The van der Waals surface area contributed by atoms with E-state index in [0.29, 0.717) is 45.8 Å². The predicted molar refractivity (Wildman–Crippen MR) is 276 cm³/mol. The second-order valence-corrected chi connectivity index (χ2v) is 23.1. The van der Waals surface area contributed by atoms with Crippen LogP contribution in [-0.2, 0) is 23.1 Å². The fourth-order valence-electron chi connectivity index (χ4n) is 8.11. The fraction of sp³-hybridized carbons (Fsp3) is 0.909. The molecule has 1 unspecified atom stereocenters. The van der Waals surface area contributed by atoms with Crippen LogP contribution in [-0.4, -0.2) is 88.6 Å². The summed E-state index contributed by atoms with van der Waals surface area (Å²) in [6.45, 7) is 16.9. The Kier molecular flexibility index (Phi) is 46.2. The Balaban J connectivity index is 4.61. The largest absolute Gasteiger partial charge is 0.465 e. The molecule has 0 heterocycles. The maximum Gasteiger partial charge on any atom is 0.333 e. The molecular formula is C55H109NO7Si. The number of aliphatic hydroxyl groups is 2. The number of hydrogen-bond acceptors (Lipinski definition) is 8. The summed E-state index contributed by atoms with van der Waals surface area (Å²) < 4.78 is 25.2. The average molecular weight is 925 g/mol. The zero-order valence-corrected chi connectivity index (χ0v) is 44.5. The molecule has 2 N–H and O–H groups in total. The van der Waals surface area contributed by atoms with Crippen molar-refractivity contribution in [2.75, 3.05) is 52.7 Å². The van der Waals surface area contributed by atoms with Gasteiger partial charge in [-0.25, -0.2) is 0 Å². The maximum atomic E-state index is 13.2. The summed E-state index contributed by atoms with van der Waals surface area (Å²) >= 11 is 0. The first-order valence-corrected chi connectivity index (χ1v) is 30.3. The number of aliphatic hydroxyl groups excluding tert-OH is 2. The second kappa shape index (κ2) is 47.0. The normalized spacial score (nSPS) is 13.0. The van der Waals surface area contributed by atoms with Crippen molar-refractivity contribution in [3.05, 3.63) is 24.3 Å². The highest BCUT2D eigenvalue weighted by Gasteiger charge is 2.34. The van der Waals surface area contributed by atoms with Gasteiger partial charge in [0, 0.05) is 26.3 Å². The minimum Gasteiger partial charge on any atom is -0.465 e. The Bertz CT molecular complexity index is 1030. The van der Waals surface area contributed by atoms with Crippen LogP contribution in [0.2, 0.25) is 13.1 Å². The molecule has 8 nitrogen and oxygen atoms in total. The van der Waals surface area contributed by atoms with Crippen LogP contribution in [0.4, 0.5) is 0 Å². The van der Waals surface area contributed by atoms with E-state index in [9.17, 15) is 15.0 Å². The van der Waals surface area contributed by atoms with Gasteiger partial charge in [0.1, 0.15) is 6.29 Å². The molecular weight excluding hydrogens is 815 g/mol. The van der Waals surface area contributed by atoms with Crippen LogP contribution in [0.1, 0.15) is 246 Å². The van der Waals surface area contributed by atoms with Crippen molar-refractivity contribution in [1.82, 2.24) is 4.90 Å². The van der Waals surface area contributed by atoms with Crippen LogP contribution < -0.4 is 0 Å². The number of unbranched alkanes of at least 4 members (excludes halogenated alkanes) is 27. The lowest BCUT2D eigenvalue weighted by Crippen LogP contribution is -2.41. The van der Waals surface area contributed by atoms with Crippen LogP contribution in [0.15, 0.2) is 24.3 Å². The Morgan fingerprint density at radius 2 is 0.922 bits per heavy atom. The first-order valence-electron chi connectivity index (χ1n) is 27.5. The quantitative estimate of drug-likeness (QED) is 0.0205. The summed E-state index contributed by atoms with van der Waals surface area (Å²) in [5, 5.41) is 18.5. The monoisotopic (exact) mass is 924 g/mol. The van der Waals surface area contributed by atoms with Crippen molar-refractivity contribution in [2.24, 2.45) is 5.41 Å². The number of carbonyl (C=O) groups is 1. The molecule has 0 aliphatic carbocycles. The molecule has 0 bridgehead atoms. The number of allylic oxidation sites excluding steroid dienone is 4. The van der Waals surface area contributed by atoms with Crippen LogP contribution in [0, 0.1) is 5.41 Å². The lowest BCUT2D eigenvalue weighted by Gasteiger charge is -2.31. The first-order chi connectivity index (χ1) is 31.1. The molecule has 0 aliphatic heterocycles. The van der Waals surface area contributed by atoms with E-state index in [1.54, 1.807) is 0 Å². The summed E-state index contributed by atoms with van der Waals surface area (Å²) in [7, 11) is -2.48. The topological polar surface area (TPSA) is 97.7 Å². The SMILES string of the molecule is CCCCCCCC/C=C\CCCCCCCCOC(=O)C(C)(C)CCC(OCCCCCCCC/C=C\CCCCCCCC)O[Si](C)(C)OCCCCCCN(CCO)CCO. The number of carbonyl (C=O) groups excluding carboxylic acids is 1. The summed E-state index contributed by atoms with van der Waals surface area (Å²) in [6, 6.07) is 0. The molecule has 0 spiro atoms. The van der Waals surface area contributed by atoms with Gasteiger partial charge in [0.15, 0.2) is 0 Å². The highest BCUT2D eigenvalue weighted by Crippen LogP contribution is 2.28. The highest BCUT2D eigenvalue weighted by atomic mass is 28.4. The van der Waals surface area contributed by atoms with Gasteiger partial charge in [-0.15, -0.1) is 0 Å². The molecule has 0 saturated heterocycles. The minimum atomic E-state index is -2.48. The van der Waals surface area contributed by atoms with E-state index >= 15 is 0 Å². The van der Waals surface area contributed by atoms with Gasteiger partial charge >= 0.3 is 14.5 Å². The van der Waals surface area contributed by atoms with Crippen molar-refractivity contribution in [3.63, 3.8) is 0 Å². The molecule has 0 saturated carbocycles. The number of nitrogens with zero attached hydrogens (tertiary/aromatic N) is 1. The molecule has 0 aliphatic rings. The molecule has 64 heavy (non-hydrogen) atoms. The summed E-state index contributed by atoms with van der Waals surface area (Å²) in [4.78, 5) is 15.4. The Labute approximate surface area is 399 Å². The molecule has 9 heteroatoms. The van der Waals surface area contributed by atoms with Crippen LogP contribution in [0.3, 0.4) is 0 Å². The van der Waals surface area contributed by atoms with Gasteiger partial charge < -0.3 is 28.5 Å². The maximum absolute atomic E-state index is 13.2. The fourth-order valence-corrected chi connectivity index (χ4v) is 9.63. The Morgan fingerprint density at radius 3 is 1.38 bits per heavy atom. The molecule has 0 radical (unpaired) electrons. The highest BCUT2D eigenvalue weighted by molar-refractivity contribution is 6.64.